The lowest BCUT2D eigenvalue weighted by atomic mass is 10.1. The van der Waals surface area contributed by atoms with Crippen molar-refractivity contribution < 1.29 is 22.7 Å². The molecule has 1 amide bonds. The van der Waals surface area contributed by atoms with E-state index in [9.17, 15) is 18.0 Å². The van der Waals surface area contributed by atoms with Crippen LogP contribution in [0.4, 0.5) is 23.7 Å². The second-order valence-electron chi connectivity index (χ2n) is 4.62. The van der Waals surface area contributed by atoms with E-state index in [0.29, 0.717) is 0 Å². The van der Waals surface area contributed by atoms with Gasteiger partial charge < -0.3 is 4.74 Å². The highest BCUT2D eigenvalue weighted by atomic mass is 35.5. The number of ether oxygens (including phenoxy) is 1. The molecular weight excluding hydrogens is 309 g/mol. The Hall–Kier alpha value is -1.94. The molecule has 4 nitrogen and oxygen atoms in total. The third-order valence-corrected chi connectivity index (χ3v) is 3.46. The number of hydrogen-bond donors (Lipinski definition) is 0. The van der Waals surface area contributed by atoms with E-state index in [1.807, 2.05) is 6.07 Å². The van der Waals surface area contributed by atoms with E-state index in [4.69, 9.17) is 21.6 Å². The quantitative estimate of drug-likeness (QED) is 0.831. The zero-order valence-corrected chi connectivity index (χ0v) is 11.6. The molecule has 1 aliphatic rings. The summed E-state index contributed by atoms with van der Waals surface area (Å²) < 4.78 is 42.8. The Balaban J connectivity index is 2.37. The van der Waals surface area contributed by atoms with Crippen molar-refractivity contribution >= 4 is 23.4 Å². The maximum absolute atomic E-state index is 12.6. The number of anilines is 1. The van der Waals surface area contributed by atoms with Gasteiger partial charge in [-0.3, -0.25) is 4.90 Å². The molecule has 0 radical (unpaired) electrons. The van der Waals surface area contributed by atoms with E-state index in [1.165, 1.54) is 25.1 Å². The molecule has 0 bridgehead atoms. The lowest BCUT2D eigenvalue weighted by molar-refractivity contribution is -0.140. The van der Waals surface area contributed by atoms with Gasteiger partial charge in [-0.1, -0.05) is 11.6 Å². The van der Waals surface area contributed by atoms with Crippen LogP contribution in [-0.4, -0.2) is 24.4 Å². The van der Waals surface area contributed by atoms with Crippen molar-refractivity contribution in [3.05, 3.63) is 28.8 Å². The summed E-state index contributed by atoms with van der Waals surface area (Å²) in [4.78, 5) is 12.7. The van der Waals surface area contributed by atoms with Gasteiger partial charge >= 0.3 is 12.3 Å². The van der Waals surface area contributed by atoms with Crippen molar-refractivity contribution in [1.29, 1.82) is 5.26 Å². The van der Waals surface area contributed by atoms with Crippen LogP contribution in [0.5, 0.6) is 0 Å². The Morgan fingerprint density at radius 2 is 2.14 bits per heavy atom. The van der Waals surface area contributed by atoms with E-state index in [2.05, 4.69) is 0 Å². The Kier molecular flexibility index (Phi) is 4.01. The highest BCUT2D eigenvalue weighted by molar-refractivity contribution is 6.32. The molecule has 2 atom stereocenters. The van der Waals surface area contributed by atoms with Crippen LogP contribution in [0.15, 0.2) is 18.2 Å². The predicted octanol–water partition coefficient (Wildman–Crippen LogP) is 3.88. The molecule has 21 heavy (non-hydrogen) atoms. The lowest BCUT2D eigenvalue weighted by Crippen LogP contribution is -2.39. The maximum atomic E-state index is 12.6. The summed E-state index contributed by atoms with van der Waals surface area (Å²) in [7, 11) is 0. The molecular formula is C13H10ClF3N2O2. The molecule has 0 saturated carbocycles. The van der Waals surface area contributed by atoms with E-state index in [-0.39, 0.29) is 16.3 Å². The summed E-state index contributed by atoms with van der Waals surface area (Å²) in [6.45, 7) is 1.40. The van der Waals surface area contributed by atoms with Crippen molar-refractivity contribution in [2.24, 2.45) is 0 Å². The summed E-state index contributed by atoms with van der Waals surface area (Å²) in [6, 6.07) is 4.67. The number of nitriles is 1. The Bertz CT molecular complexity index is 612. The average Bonchev–Trinajstić information content (AvgIpc) is 2.62. The number of alkyl halides is 3. The van der Waals surface area contributed by atoms with Gasteiger partial charge in [0.15, 0.2) is 0 Å². The van der Waals surface area contributed by atoms with Crippen LogP contribution in [0, 0.1) is 11.3 Å². The summed E-state index contributed by atoms with van der Waals surface area (Å²) in [5.74, 6) is 0. The smallest absolute Gasteiger partial charge is 0.415 e. The Labute approximate surface area is 123 Å². The molecule has 0 aromatic heterocycles. The van der Waals surface area contributed by atoms with Gasteiger partial charge in [0.2, 0.25) is 0 Å². The van der Waals surface area contributed by atoms with Crippen LogP contribution in [-0.2, 0) is 4.74 Å². The normalized spacial score (nSPS) is 22.1. The molecule has 1 aromatic rings. The van der Waals surface area contributed by atoms with Crippen LogP contribution >= 0.6 is 11.6 Å². The number of amides is 1. The zero-order chi connectivity index (χ0) is 15.8. The summed E-state index contributed by atoms with van der Waals surface area (Å²) in [5, 5.41) is 8.85. The Morgan fingerprint density at radius 1 is 1.48 bits per heavy atom. The third kappa shape index (κ3) is 3.22. The molecule has 0 spiro atoms. The highest BCUT2D eigenvalue weighted by Gasteiger charge is 2.46. The first-order valence-electron chi connectivity index (χ1n) is 5.99. The fraction of sp³-hybridized carbons (Fsp3) is 0.385. The molecule has 0 N–H and O–H groups in total. The molecule has 0 unspecified atom stereocenters. The monoisotopic (exact) mass is 318 g/mol. The molecule has 2 rings (SSSR count). The van der Waals surface area contributed by atoms with Gasteiger partial charge in [-0.15, -0.1) is 0 Å². The standard InChI is InChI=1S/C13H10ClF3N2O2/c1-7-11(5-13(15,16)17)19(12(20)21-7)9-3-2-8(6-18)10(14)4-9/h2-4,7,11H,5H2,1H3/t7-,11-/m0/s1. The van der Waals surface area contributed by atoms with Crippen molar-refractivity contribution in [1.82, 2.24) is 0 Å². The fourth-order valence-corrected chi connectivity index (χ4v) is 2.39. The topological polar surface area (TPSA) is 53.3 Å². The first kappa shape index (κ1) is 15.4. The largest absolute Gasteiger partial charge is 0.444 e. The number of carbonyl (C=O) groups excluding carboxylic acids is 1. The van der Waals surface area contributed by atoms with Crippen LogP contribution in [0.2, 0.25) is 5.02 Å². The van der Waals surface area contributed by atoms with E-state index in [1.54, 1.807) is 0 Å². The SMILES string of the molecule is C[C@@H]1OC(=O)N(c2ccc(C#N)c(Cl)c2)[C@H]1CC(F)(F)F. The van der Waals surface area contributed by atoms with Gasteiger partial charge in [-0.2, -0.15) is 18.4 Å². The lowest BCUT2D eigenvalue weighted by Gasteiger charge is -2.24. The summed E-state index contributed by atoms with van der Waals surface area (Å²) >= 11 is 5.85. The van der Waals surface area contributed by atoms with Crippen LogP contribution in [0.3, 0.4) is 0 Å². The van der Waals surface area contributed by atoms with Gasteiger partial charge in [0.1, 0.15) is 12.2 Å². The minimum atomic E-state index is -4.43. The number of rotatable bonds is 2. The molecule has 1 heterocycles. The molecule has 1 aromatic carbocycles. The molecule has 8 heteroatoms. The van der Waals surface area contributed by atoms with E-state index in [0.717, 1.165) is 4.90 Å². The minimum Gasteiger partial charge on any atom is -0.444 e. The minimum absolute atomic E-state index is 0.0631. The van der Waals surface area contributed by atoms with Crippen LogP contribution in [0.1, 0.15) is 18.9 Å². The van der Waals surface area contributed by atoms with Gasteiger partial charge in [0.05, 0.1) is 23.0 Å². The van der Waals surface area contributed by atoms with Crippen LogP contribution < -0.4 is 4.90 Å². The second-order valence-corrected chi connectivity index (χ2v) is 5.03. The van der Waals surface area contributed by atoms with Gasteiger partial charge in [-0.05, 0) is 25.1 Å². The fourth-order valence-electron chi connectivity index (χ4n) is 2.18. The average molecular weight is 319 g/mol. The Morgan fingerprint density at radius 3 is 2.67 bits per heavy atom. The number of carbonyl (C=O) groups is 1. The predicted molar refractivity (Wildman–Crippen MR) is 69.0 cm³/mol. The number of benzene rings is 1. The molecule has 112 valence electrons. The molecule has 1 saturated heterocycles. The third-order valence-electron chi connectivity index (χ3n) is 3.15. The number of hydrogen-bond acceptors (Lipinski definition) is 3. The molecule has 0 aliphatic carbocycles. The number of cyclic esters (lactones) is 1. The van der Waals surface area contributed by atoms with Crippen LogP contribution in [0.25, 0.3) is 0 Å². The van der Waals surface area contributed by atoms with Crippen molar-refractivity contribution in [3.8, 4) is 6.07 Å². The second kappa shape index (κ2) is 5.45. The summed E-state index contributed by atoms with van der Waals surface area (Å²) in [5.41, 5.74) is 0.344. The highest BCUT2D eigenvalue weighted by Crippen LogP contribution is 2.35. The number of halogens is 4. The van der Waals surface area contributed by atoms with E-state index < -0.39 is 30.8 Å². The molecule has 1 fully saturated rings. The van der Waals surface area contributed by atoms with Gasteiger partial charge in [-0.25, -0.2) is 4.79 Å². The van der Waals surface area contributed by atoms with E-state index >= 15 is 0 Å². The molecule has 1 aliphatic heterocycles. The zero-order valence-electron chi connectivity index (χ0n) is 10.8. The van der Waals surface area contributed by atoms with Gasteiger partial charge in [0, 0.05) is 5.69 Å². The van der Waals surface area contributed by atoms with Gasteiger partial charge in [0.25, 0.3) is 0 Å². The first-order chi connectivity index (χ1) is 9.73. The van der Waals surface area contributed by atoms with Crippen molar-refractivity contribution in [2.75, 3.05) is 4.90 Å². The maximum Gasteiger partial charge on any atom is 0.415 e. The van der Waals surface area contributed by atoms with Crippen molar-refractivity contribution in [3.63, 3.8) is 0 Å². The number of nitrogens with zero attached hydrogens (tertiary/aromatic N) is 2. The summed E-state index contributed by atoms with van der Waals surface area (Å²) in [6.07, 6.45) is -7.37. The first-order valence-corrected chi connectivity index (χ1v) is 6.37. The van der Waals surface area contributed by atoms with Crippen molar-refractivity contribution in [2.45, 2.75) is 31.7 Å².